The lowest BCUT2D eigenvalue weighted by atomic mass is 9.68. The zero-order valence-corrected chi connectivity index (χ0v) is 38.1. The van der Waals surface area contributed by atoms with E-state index in [2.05, 4.69) is 241 Å². The first-order valence-corrected chi connectivity index (χ1v) is 24.0. The summed E-state index contributed by atoms with van der Waals surface area (Å²) in [6.07, 6.45) is 0. The van der Waals surface area contributed by atoms with Crippen LogP contribution in [-0.2, 0) is 5.41 Å². The molecule has 70 heavy (non-hydrogen) atoms. The van der Waals surface area contributed by atoms with Crippen molar-refractivity contribution in [3.63, 3.8) is 0 Å². The Balaban J connectivity index is 0.916. The van der Waals surface area contributed by atoms with Crippen molar-refractivity contribution in [2.45, 2.75) is 5.41 Å². The number of hydrogen-bond donors (Lipinski definition) is 0. The molecule has 14 rings (SSSR count). The summed E-state index contributed by atoms with van der Waals surface area (Å²) in [7, 11) is 0. The van der Waals surface area contributed by atoms with Gasteiger partial charge in [0.2, 0.25) is 0 Å². The number of anilines is 3. The van der Waals surface area contributed by atoms with Crippen molar-refractivity contribution in [1.29, 1.82) is 0 Å². The lowest BCUT2D eigenvalue weighted by Gasteiger charge is -2.34. The molecular weight excluding hydrogens is 851 g/mol. The second-order valence-electron chi connectivity index (χ2n) is 18.4. The normalized spacial score (nSPS) is 12.7. The largest absolute Gasteiger partial charge is 0.456 e. The van der Waals surface area contributed by atoms with Gasteiger partial charge in [0, 0.05) is 38.5 Å². The third kappa shape index (κ3) is 6.22. The van der Waals surface area contributed by atoms with Crippen molar-refractivity contribution in [3.05, 3.63) is 283 Å². The Labute approximate surface area is 405 Å². The number of hydrogen-bond acceptors (Lipinski definition) is 3. The number of rotatable bonds is 8. The second-order valence-corrected chi connectivity index (χ2v) is 18.4. The van der Waals surface area contributed by atoms with E-state index in [0.717, 1.165) is 88.8 Å². The highest BCUT2D eigenvalue weighted by Crippen LogP contribution is 2.59. The zero-order chi connectivity index (χ0) is 46.2. The fraction of sp³-hybridized carbons (Fsp3) is 0.0149. The summed E-state index contributed by atoms with van der Waals surface area (Å²) < 4.78 is 12.4. The minimum absolute atomic E-state index is 0.533. The van der Waals surface area contributed by atoms with Gasteiger partial charge in [0.15, 0.2) is 0 Å². The summed E-state index contributed by atoms with van der Waals surface area (Å²) in [5.41, 5.74) is 20.7. The molecule has 3 nitrogen and oxygen atoms in total. The van der Waals surface area contributed by atoms with Gasteiger partial charge in [0.05, 0.1) is 11.1 Å². The van der Waals surface area contributed by atoms with E-state index in [9.17, 15) is 0 Å². The molecule has 0 unspecified atom stereocenters. The van der Waals surface area contributed by atoms with Gasteiger partial charge in [-0.05, 0) is 128 Å². The molecule has 0 radical (unpaired) electrons. The number of benzene rings is 11. The Morgan fingerprint density at radius 3 is 1.37 bits per heavy atom. The molecule has 1 aliphatic rings. The molecule has 11 aromatic carbocycles. The number of furan rings is 2. The predicted molar refractivity (Wildman–Crippen MR) is 289 cm³/mol. The first kappa shape index (κ1) is 39.9. The molecule has 0 saturated carbocycles. The molecule has 0 fully saturated rings. The van der Waals surface area contributed by atoms with Gasteiger partial charge >= 0.3 is 0 Å². The lowest BCUT2D eigenvalue weighted by molar-refractivity contribution is 0.668. The van der Waals surface area contributed by atoms with Crippen LogP contribution in [0, 0.1) is 0 Å². The summed E-state index contributed by atoms with van der Waals surface area (Å²) >= 11 is 0. The van der Waals surface area contributed by atoms with Crippen LogP contribution in [0.5, 0.6) is 0 Å². The maximum Gasteiger partial charge on any atom is 0.135 e. The topological polar surface area (TPSA) is 29.5 Å². The summed E-state index contributed by atoms with van der Waals surface area (Å²) in [6.45, 7) is 0. The smallest absolute Gasteiger partial charge is 0.135 e. The average molecular weight is 894 g/mol. The number of nitrogens with zero attached hydrogens (tertiary/aromatic N) is 1. The van der Waals surface area contributed by atoms with Crippen molar-refractivity contribution in [2.24, 2.45) is 0 Å². The van der Waals surface area contributed by atoms with Crippen molar-refractivity contribution >= 4 is 60.9 Å². The van der Waals surface area contributed by atoms with Gasteiger partial charge in [-0.2, -0.15) is 0 Å². The Hall–Kier alpha value is -9.18. The minimum Gasteiger partial charge on any atom is -0.456 e. The van der Waals surface area contributed by atoms with Gasteiger partial charge in [-0.25, -0.2) is 0 Å². The maximum absolute atomic E-state index is 6.25. The van der Waals surface area contributed by atoms with Crippen molar-refractivity contribution in [3.8, 4) is 44.5 Å². The van der Waals surface area contributed by atoms with Crippen molar-refractivity contribution in [2.75, 3.05) is 4.90 Å². The van der Waals surface area contributed by atoms with E-state index in [1.807, 2.05) is 24.3 Å². The molecule has 0 N–H and O–H groups in total. The van der Waals surface area contributed by atoms with Crippen LogP contribution < -0.4 is 4.90 Å². The highest BCUT2D eigenvalue weighted by molar-refractivity contribution is 6.07. The molecule has 0 amide bonds. The lowest BCUT2D eigenvalue weighted by Crippen LogP contribution is -2.28. The van der Waals surface area contributed by atoms with Gasteiger partial charge in [-0.1, -0.05) is 194 Å². The molecule has 13 aromatic rings. The van der Waals surface area contributed by atoms with Gasteiger partial charge < -0.3 is 13.7 Å². The monoisotopic (exact) mass is 893 g/mol. The van der Waals surface area contributed by atoms with Gasteiger partial charge in [-0.3, -0.25) is 0 Å². The highest BCUT2D eigenvalue weighted by atomic mass is 16.3. The summed E-state index contributed by atoms with van der Waals surface area (Å²) in [5.74, 6) is 0. The number of para-hydroxylation sites is 2. The number of fused-ring (bicyclic) bond motifs is 9. The molecule has 0 aliphatic heterocycles. The van der Waals surface area contributed by atoms with Gasteiger partial charge in [0.25, 0.3) is 0 Å². The van der Waals surface area contributed by atoms with Gasteiger partial charge in [-0.15, -0.1) is 0 Å². The van der Waals surface area contributed by atoms with Crippen LogP contribution in [0.3, 0.4) is 0 Å². The Bertz CT molecular complexity index is 4070. The molecule has 3 heteroatoms. The predicted octanol–water partition coefficient (Wildman–Crippen LogP) is 18.3. The van der Waals surface area contributed by atoms with Crippen LogP contribution in [0.15, 0.2) is 270 Å². The first-order chi connectivity index (χ1) is 34.7. The van der Waals surface area contributed by atoms with Crippen LogP contribution >= 0.6 is 0 Å². The molecule has 0 saturated heterocycles. The molecule has 1 aliphatic carbocycles. The Morgan fingerprint density at radius 2 is 0.743 bits per heavy atom. The third-order valence-corrected chi connectivity index (χ3v) is 14.6. The van der Waals surface area contributed by atoms with E-state index >= 15 is 0 Å². The minimum atomic E-state index is -0.533. The Kier molecular flexibility index (Phi) is 9.11. The fourth-order valence-corrected chi connectivity index (χ4v) is 11.4. The van der Waals surface area contributed by atoms with Crippen LogP contribution in [0.4, 0.5) is 17.1 Å². The SMILES string of the molecule is c1ccc(C2(c3ccccc3)c3ccccc3-c3c(N(c4ccc(-c5ccc(-c6ccc7oc8ccccc8c7c6)cc5)cc4)c4cccc(-c5ccc6oc7ccccc7c6c5)c4)cccc32)cc1. The fourth-order valence-electron chi connectivity index (χ4n) is 11.4. The molecule has 2 heterocycles. The molecule has 2 aromatic heterocycles. The molecule has 0 bridgehead atoms. The maximum atomic E-state index is 6.25. The zero-order valence-electron chi connectivity index (χ0n) is 38.1. The summed E-state index contributed by atoms with van der Waals surface area (Å²) in [5, 5.41) is 4.50. The van der Waals surface area contributed by atoms with E-state index in [-0.39, 0.29) is 0 Å². The average Bonchev–Trinajstić information content (AvgIpc) is 4.10. The van der Waals surface area contributed by atoms with Crippen LogP contribution in [0.1, 0.15) is 22.3 Å². The molecule has 328 valence electrons. The quantitative estimate of drug-likeness (QED) is 0.152. The molecule has 0 spiro atoms. The van der Waals surface area contributed by atoms with Crippen molar-refractivity contribution in [1.82, 2.24) is 0 Å². The summed E-state index contributed by atoms with van der Waals surface area (Å²) in [4.78, 5) is 2.46. The second kappa shape index (κ2) is 16.0. The van der Waals surface area contributed by atoms with E-state index in [1.54, 1.807) is 0 Å². The van der Waals surface area contributed by atoms with E-state index < -0.39 is 5.41 Å². The first-order valence-electron chi connectivity index (χ1n) is 24.0. The van der Waals surface area contributed by atoms with Gasteiger partial charge in [0.1, 0.15) is 22.3 Å². The van der Waals surface area contributed by atoms with Crippen LogP contribution in [0.25, 0.3) is 88.4 Å². The van der Waals surface area contributed by atoms with Crippen LogP contribution in [0.2, 0.25) is 0 Å². The Morgan fingerprint density at radius 1 is 0.286 bits per heavy atom. The summed E-state index contributed by atoms with van der Waals surface area (Å²) in [6, 6.07) is 94.5. The standard InChI is InChI=1S/C67H43NO2/c1-3-16-50(17-4-1)67(51-18-5-2-6-19-51)59-24-10-7-23-56(59)66-60(67)25-14-26-61(66)68(53-20-13-15-47(41-53)49-36-40-65-58(43-49)55-22-9-12-28-63(55)70-65)52-37-33-45(34-38-52)44-29-31-46(32-30-44)48-35-39-64-57(42-48)54-21-8-11-27-62(54)69-64/h1-43H. The van der Waals surface area contributed by atoms with Crippen LogP contribution in [-0.4, -0.2) is 0 Å². The third-order valence-electron chi connectivity index (χ3n) is 14.6. The van der Waals surface area contributed by atoms with E-state index in [0.29, 0.717) is 0 Å². The molecular formula is C67H43NO2. The van der Waals surface area contributed by atoms with E-state index in [1.165, 1.54) is 38.9 Å². The highest BCUT2D eigenvalue weighted by Gasteiger charge is 2.47. The molecule has 0 atom stereocenters. The van der Waals surface area contributed by atoms with Crippen molar-refractivity contribution < 1.29 is 8.83 Å². The van der Waals surface area contributed by atoms with E-state index in [4.69, 9.17) is 8.83 Å².